The molecule has 0 aliphatic carbocycles. The molecular weight excluding hydrogens is 302 g/mol. The third-order valence-corrected chi connectivity index (χ3v) is 3.35. The van der Waals surface area contributed by atoms with E-state index >= 15 is 0 Å². The molecule has 0 unspecified atom stereocenters. The number of non-ortho nitro benzene ring substituents is 1. The second-order valence-electron chi connectivity index (χ2n) is 5.44. The summed E-state index contributed by atoms with van der Waals surface area (Å²) in [5.41, 5.74) is 0.560. The molecule has 1 rings (SSSR count). The Morgan fingerprint density at radius 1 is 1.22 bits per heavy atom. The molecule has 0 bridgehead atoms. The second-order valence-corrected chi connectivity index (χ2v) is 5.44. The molecule has 0 aliphatic heterocycles. The number of rotatable bonds is 6. The first-order valence-electron chi connectivity index (χ1n) is 7.15. The topological polar surface area (TPSA) is 111 Å². The third-order valence-electron chi connectivity index (χ3n) is 3.35. The number of amides is 2. The van der Waals surface area contributed by atoms with Gasteiger partial charge in [0.1, 0.15) is 6.04 Å². The number of carbonyl (C=O) groups is 2. The molecule has 0 aromatic heterocycles. The summed E-state index contributed by atoms with van der Waals surface area (Å²) in [5.74, 6) is -0.532. The maximum atomic E-state index is 12.3. The summed E-state index contributed by atoms with van der Waals surface area (Å²) in [7, 11) is 1.22. The molecule has 0 heterocycles. The van der Waals surface area contributed by atoms with Gasteiger partial charge in [0.25, 0.3) is 5.69 Å². The fourth-order valence-electron chi connectivity index (χ4n) is 2.02. The van der Waals surface area contributed by atoms with Crippen molar-refractivity contribution in [2.45, 2.75) is 32.9 Å². The molecule has 8 heteroatoms. The Morgan fingerprint density at radius 3 is 2.39 bits per heavy atom. The predicted octanol–water partition coefficient (Wildman–Crippen LogP) is 2.15. The average molecular weight is 323 g/mol. The van der Waals surface area contributed by atoms with E-state index in [4.69, 9.17) is 0 Å². The SMILES string of the molecule is COC(=O)N[C@H](C(=O)N[C@H](C)c1cccc([N+](=O)[O-])c1)C(C)C. The van der Waals surface area contributed by atoms with E-state index in [0.717, 1.165) is 0 Å². The van der Waals surface area contributed by atoms with Gasteiger partial charge in [-0.3, -0.25) is 14.9 Å². The Bertz CT molecular complexity index is 588. The van der Waals surface area contributed by atoms with Gasteiger partial charge in [-0.25, -0.2) is 4.79 Å². The fraction of sp³-hybridized carbons (Fsp3) is 0.467. The predicted molar refractivity (Wildman–Crippen MR) is 83.8 cm³/mol. The Hall–Kier alpha value is -2.64. The molecule has 0 saturated heterocycles. The van der Waals surface area contributed by atoms with Crippen molar-refractivity contribution in [2.24, 2.45) is 5.92 Å². The van der Waals surface area contributed by atoms with Crippen molar-refractivity contribution >= 4 is 17.7 Å². The van der Waals surface area contributed by atoms with Gasteiger partial charge in [-0.2, -0.15) is 0 Å². The zero-order chi connectivity index (χ0) is 17.6. The summed E-state index contributed by atoms with van der Waals surface area (Å²) in [5, 5.41) is 16.0. The molecule has 0 radical (unpaired) electrons. The number of nitro benzene ring substituents is 1. The Kier molecular flexibility index (Phi) is 6.49. The van der Waals surface area contributed by atoms with E-state index in [1.807, 2.05) is 0 Å². The normalized spacial score (nSPS) is 13.1. The number of nitrogens with zero attached hydrogens (tertiary/aromatic N) is 1. The second kappa shape index (κ2) is 8.11. The van der Waals surface area contributed by atoms with Crippen molar-refractivity contribution in [1.29, 1.82) is 0 Å². The van der Waals surface area contributed by atoms with Crippen LogP contribution in [0.15, 0.2) is 24.3 Å². The molecule has 126 valence electrons. The van der Waals surface area contributed by atoms with Crippen molar-refractivity contribution in [3.8, 4) is 0 Å². The van der Waals surface area contributed by atoms with Crippen LogP contribution in [0.25, 0.3) is 0 Å². The van der Waals surface area contributed by atoms with Gasteiger partial charge < -0.3 is 15.4 Å². The first kappa shape index (κ1) is 18.4. The van der Waals surface area contributed by atoms with Crippen LogP contribution >= 0.6 is 0 Å². The summed E-state index contributed by atoms with van der Waals surface area (Å²) in [4.78, 5) is 34.0. The van der Waals surface area contributed by atoms with Gasteiger partial charge in [0.2, 0.25) is 5.91 Å². The van der Waals surface area contributed by atoms with E-state index in [1.54, 1.807) is 32.9 Å². The molecule has 0 saturated carbocycles. The minimum atomic E-state index is -0.761. The van der Waals surface area contributed by atoms with Gasteiger partial charge in [-0.05, 0) is 18.4 Å². The number of ether oxygens (including phenoxy) is 1. The molecule has 1 aromatic carbocycles. The van der Waals surface area contributed by atoms with Crippen molar-refractivity contribution in [3.05, 3.63) is 39.9 Å². The number of carbonyl (C=O) groups excluding carboxylic acids is 2. The minimum absolute atomic E-state index is 0.0447. The Labute approximate surface area is 134 Å². The summed E-state index contributed by atoms with van der Waals surface area (Å²) in [6.45, 7) is 5.29. The molecular formula is C15H21N3O5. The Balaban J connectivity index is 2.83. The van der Waals surface area contributed by atoms with E-state index in [0.29, 0.717) is 5.56 Å². The summed E-state index contributed by atoms with van der Waals surface area (Å²) in [6, 6.07) is 4.84. The number of nitro groups is 1. The molecule has 2 N–H and O–H groups in total. The highest BCUT2D eigenvalue weighted by Gasteiger charge is 2.26. The molecule has 0 fully saturated rings. The lowest BCUT2D eigenvalue weighted by Crippen LogP contribution is -2.50. The van der Waals surface area contributed by atoms with Crippen molar-refractivity contribution in [1.82, 2.24) is 10.6 Å². The molecule has 1 aromatic rings. The van der Waals surface area contributed by atoms with Crippen molar-refractivity contribution in [2.75, 3.05) is 7.11 Å². The lowest BCUT2D eigenvalue weighted by atomic mass is 10.0. The number of nitrogens with one attached hydrogen (secondary N) is 2. The number of benzene rings is 1. The zero-order valence-electron chi connectivity index (χ0n) is 13.5. The first-order valence-corrected chi connectivity index (χ1v) is 7.15. The molecule has 8 nitrogen and oxygen atoms in total. The van der Waals surface area contributed by atoms with Crippen LogP contribution in [0.5, 0.6) is 0 Å². The smallest absolute Gasteiger partial charge is 0.407 e. The average Bonchev–Trinajstić information content (AvgIpc) is 2.51. The van der Waals surface area contributed by atoms with Crippen molar-refractivity contribution < 1.29 is 19.2 Å². The third kappa shape index (κ3) is 5.24. The van der Waals surface area contributed by atoms with Gasteiger partial charge >= 0.3 is 6.09 Å². The highest BCUT2D eigenvalue weighted by atomic mass is 16.6. The largest absolute Gasteiger partial charge is 0.453 e. The standard InChI is InChI=1S/C15H21N3O5/c1-9(2)13(17-15(20)23-4)14(19)16-10(3)11-6-5-7-12(8-11)18(21)22/h5-10,13H,1-4H3,(H,16,19)(H,17,20)/t10-,13+/m1/s1. The molecule has 2 atom stereocenters. The number of methoxy groups -OCH3 is 1. The fourth-order valence-corrected chi connectivity index (χ4v) is 2.02. The van der Waals surface area contributed by atoms with Crippen LogP contribution < -0.4 is 10.6 Å². The van der Waals surface area contributed by atoms with E-state index in [1.165, 1.54) is 19.2 Å². The lowest BCUT2D eigenvalue weighted by molar-refractivity contribution is -0.384. The van der Waals surface area contributed by atoms with Gasteiger partial charge in [0, 0.05) is 12.1 Å². The van der Waals surface area contributed by atoms with E-state index in [2.05, 4.69) is 15.4 Å². The van der Waals surface area contributed by atoms with Crippen molar-refractivity contribution in [3.63, 3.8) is 0 Å². The van der Waals surface area contributed by atoms with E-state index in [9.17, 15) is 19.7 Å². The van der Waals surface area contributed by atoms with Gasteiger partial charge in [0.05, 0.1) is 18.1 Å². The number of hydrogen-bond acceptors (Lipinski definition) is 5. The van der Waals surface area contributed by atoms with Crippen LogP contribution in [0.4, 0.5) is 10.5 Å². The molecule has 0 aliphatic rings. The quantitative estimate of drug-likeness (QED) is 0.615. The maximum Gasteiger partial charge on any atom is 0.407 e. The van der Waals surface area contributed by atoms with Crippen LogP contribution in [0.2, 0.25) is 0 Å². The Morgan fingerprint density at radius 2 is 1.87 bits per heavy atom. The monoisotopic (exact) mass is 323 g/mol. The highest BCUT2D eigenvalue weighted by Crippen LogP contribution is 2.19. The zero-order valence-corrected chi connectivity index (χ0v) is 13.5. The van der Waals surface area contributed by atoms with Crippen LogP contribution in [-0.4, -0.2) is 30.1 Å². The number of alkyl carbamates (subject to hydrolysis) is 1. The van der Waals surface area contributed by atoms with Crippen LogP contribution in [0.1, 0.15) is 32.4 Å². The molecule has 23 heavy (non-hydrogen) atoms. The summed E-state index contributed by atoms with van der Waals surface area (Å²) >= 11 is 0. The highest BCUT2D eigenvalue weighted by molar-refractivity contribution is 5.86. The van der Waals surface area contributed by atoms with Gasteiger partial charge in [0.15, 0.2) is 0 Å². The van der Waals surface area contributed by atoms with Gasteiger partial charge in [-0.1, -0.05) is 26.0 Å². The molecule has 0 spiro atoms. The summed E-state index contributed by atoms with van der Waals surface area (Å²) < 4.78 is 4.51. The van der Waals surface area contributed by atoms with Crippen LogP contribution in [0.3, 0.4) is 0 Å². The molecule has 2 amide bonds. The van der Waals surface area contributed by atoms with Gasteiger partial charge in [-0.15, -0.1) is 0 Å². The van der Waals surface area contributed by atoms with Crippen LogP contribution in [0, 0.1) is 16.0 Å². The minimum Gasteiger partial charge on any atom is -0.453 e. The first-order chi connectivity index (χ1) is 10.8. The van der Waals surface area contributed by atoms with E-state index < -0.39 is 23.1 Å². The summed E-state index contributed by atoms with van der Waals surface area (Å²) in [6.07, 6.45) is -0.693. The maximum absolute atomic E-state index is 12.3. The van der Waals surface area contributed by atoms with E-state index in [-0.39, 0.29) is 17.5 Å². The van der Waals surface area contributed by atoms with Crippen LogP contribution in [-0.2, 0) is 9.53 Å². The lowest BCUT2D eigenvalue weighted by Gasteiger charge is -2.23. The number of hydrogen-bond donors (Lipinski definition) is 2.